The van der Waals surface area contributed by atoms with Crippen LogP contribution in [-0.2, 0) is 4.79 Å². The van der Waals surface area contributed by atoms with Crippen LogP contribution in [0.1, 0.15) is 57.1 Å². The minimum absolute atomic E-state index is 0.188. The molecule has 0 aliphatic carbocycles. The van der Waals surface area contributed by atoms with Crippen molar-refractivity contribution in [1.82, 2.24) is 0 Å². The van der Waals surface area contributed by atoms with Crippen LogP contribution in [-0.4, -0.2) is 21.3 Å². The van der Waals surface area contributed by atoms with E-state index in [0.29, 0.717) is 22.4 Å². The number of aliphatic hydroxyl groups excluding tert-OH is 1. The number of carbonyl (C=O) groups excluding carboxylic acids is 1. The lowest BCUT2D eigenvalue weighted by Crippen LogP contribution is -2.32. The van der Waals surface area contributed by atoms with Crippen molar-refractivity contribution in [1.29, 1.82) is 0 Å². The van der Waals surface area contributed by atoms with E-state index in [2.05, 4.69) is 6.92 Å². The van der Waals surface area contributed by atoms with E-state index in [1.807, 2.05) is 0 Å². The fraction of sp³-hybridized carbons (Fsp3) is 0.500. The summed E-state index contributed by atoms with van der Waals surface area (Å²) in [5.41, 5.74) is 0.984. The van der Waals surface area contributed by atoms with Crippen LogP contribution in [0, 0.1) is 5.21 Å². The summed E-state index contributed by atoms with van der Waals surface area (Å²) >= 11 is 0. The molecule has 108 valence electrons. The van der Waals surface area contributed by atoms with Crippen LogP contribution < -0.4 is 0 Å². The largest absolute Gasteiger partial charge is 0.618 e. The van der Waals surface area contributed by atoms with E-state index in [9.17, 15) is 15.1 Å². The zero-order valence-corrected chi connectivity index (χ0v) is 11.8. The second-order valence-corrected chi connectivity index (χ2v) is 5.23. The summed E-state index contributed by atoms with van der Waals surface area (Å²) in [5, 5.41) is 22.3. The number of fused-ring (bicyclic) bond motifs is 1. The number of ketones is 1. The van der Waals surface area contributed by atoms with Crippen LogP contribution in [0.15, 0.2) is 24.3 Å². The summed E-state index contributed by atoms with van der Waals surface area (Å²) in [5.74, 6) is -0.450. The van der Waals surface area contributed by atoms with Crippen LogP contribution in [0.2, 0.25) is 0 Å². The Kier molecular flexibility index (Phi) is 4.90. The molecule has 0 radical (unpaired) electrons. The van der Waals surface area contributed by atoms with Gasteiger partial charge >= 0.3 is 0 Å². The molecule has 1 N–H and O–H groups in total. The van der Waals surface area contributed by atoms with E-state index in [1.165, 1.54) is 6.42 Å². The van der Waals surface area contributed by atoms with Gasteiger partial charge in [-0.05, 0) is 12.5 Å². The highest BCUT2D eigenvalue weighted by molar-refractivity contribution is 6.40. The Bertz CT molecular complexity index is 522. The molecule has 20 heavy (non-hydrogen) atoms. The SMILES string of the molecule is CCCCCCCC1=[N+]([O-])c2ccccc2C(O)C1=O. The maximum absolute atomic E-state index is 12.2. The average Bonchev–Trinajstić information content (AvgIpc) is 2.48. The highest BCUT2D eigenvalue weighted by Gasteiger charge is 2.36. The average molecular weight is 275 g/mol. The Labute approximate surface area is 119 Å². The lowest BCUT2D eigenvalue weighted by atomic mass is 9.94. The van der Waals surface area contributed by atoms with Gasteiger partial charge in [0.05, 0.1) is 5.56 Å². The van der Waals surface area contributed by atoms with Crippen molar-refractivity contribution >= 4 is 17.2 Å². The Hall–Kier alpha value is -1.68. The number of para-hydroxylation sites is 1. The molecule has 1 unspecified atom stereocenters. The number of hydrogen-bond donors (Lipinski definition) is 1. The normalized spacial score (nSPS) is 18.3. The summed E-state index contributed by atoms with van der Waals surface area (Å²) < 4.78 is 0.699. The predicted octanol–water partition coefficient (Wildman–Crippen LogP) is 3.25. The first-order valence-corrected chi connectivity index (χ1v) is 7.31. The molecule has 4 nitrogen and oxygen atoms in total. The van der Waals surface area contributed by atoms with E-state index in [-0.39, 0.29) is 5.71 Å². The Morgan fingerprint density at radius 1 is 1.20 bits per heavy atom. The van der Waals surface area contributed by atoms with Crippen molar-refractivity contribution in [3.8, 4) is 0 Å². The molecule has 0 aromatic heterocycles. The molecule has 0 fully saturated rings. The Morgan fingerprint density at radius 2 is 1.90 bits per heavy atom. The molecular formula is C16H21NO3. The van der Waals surface area contributed by atoms with Crippen molar-refractivity contribution in [3.63, 3.8) is 0 Å². The second kappa shape index (κ2) is 6.66. The third-order valence-electron chi connectivity index (χ3n) is 3.75. The summed E-state index contributed by atoms with van der Waals surface area (Å²) in [7, 11) is 0. The zero-order chi connectivity index (χ0) is 14.5. The van der Waals surface area contributed by atoms with E-state index in [0.717, 1.165) is 25.7 Å². The van der Waals surface area contributed by atoms with Crippen LogP contribution in [0.5, 0.6) is 0 Å². The maximum atomic E-state index is 12.2. The van der Waals surface area contributed by atoms with E-state index in [1.54, 1.807) is 24.3 Å². The van der Waals surface area contributed by atoms with Gasteiger partial charge in [0, 0.05) is 12.5 Å². The van der Waals surface area contributed by atoms with E-state index < -0.39 is 11.9 Å². The summed E-state index contributed by atoms with van der Waals surface area (Å²) in [6, 6.07) is 6.74. The quantitative estimate of drug-likeness (QED) is 0.492. The van der Waals surface area contributed by atoms with Gasteiger partial charge in [-0.2, -0.15) is 4.74 Å². The monoisotopic (exact) mass is 275 g/mol. The van der Waals surface area contributed by atoms with Crippen LogP contribution in [0.25, 0.3) is 0 Å². The highest BCUT2D eigenvalue weighted by Crippen LogP contribution is 2.31. The first-order valence-electron chi connectivity index (χ1n) is 7.31. The predicted molar refractivity (Wildman–Crippen MR) is 78.1 cm³/mol. The van der Waals surface area contributed by atoms with Crippen molar-refractivity contribution in [2.75, 3.05) is 0 Å². The van der Waals surface area contributed by atoms with Gasteiger partial charge < -0.3 is 10.3 Å². The van der Waals surface area contributed by atoms with Crippen LogP contribution in [0.3, 0.4) is 0 Å². The Balaban J connectivity index is 2.13. The fourth-order valence-electron chi connectivity index (χ4n) is 2.57. The van der Waals surface area contributed by atoms with Gasteiger partial charge in [-0.25, -0.2) is 0 Å². The number of unbranched alkanes of at least 4 members (excludes halogenated alkanes) is 4. The molecule has 1 aromatic carbocycles. The molecule has 2 rings (SSSR count). The molecule has 0 spiro atoms. The number of aliphatic hydroxyl groups is 1. The number of benzene rings is 1. The van der Waals surface area contributed by atoms with Crippen LogP contribution >= 0.6 is 0 Å². The molecular weight excluding hydrogens is 254 g/mol. The van der Waals surface area contributed by atoms with Gasteiger partial charge in [-0.3, -0.25) is 4.79 Å². The molecule has 0 saturated carbocycles. The molecule has 1 aliphatic heterocycles. The van der Waals surface area contributed by atoms with Gasteiger partial charge in [0.1, 0.15) is 0 Å². The molecule has 1 aliphatic rings. The molecule has 0 amide bonds. The second-order valence-electron chi connectivity index (χ2n) is 5.23. The van der Waals surface area contributed by atoms with Gasteiger partial charge in [0.25, 0.3) is 5.78 Å². The lowest BCUT2D eigenvalue weighted by Gasteiger charge is -2.20. The third-order valence-corrected chi connectivity index (χ3v) is 3.75. The van der Waals surface area contributed by atoms with Crippen molar-refractivity contribution < 1.29 is 14.6 Å². The number of nitrogens with zero attached hydrogens (tertiary/aromatic N) is 1. The van der Waals surface area contributed by atoms with E-state index in [4.69, 9.17) is 0 Å². The smallest absolute Gasteiger partial charge is 0.256 e. The molecule has 1 aromatic rings. The summed E-state index contributed by atoms with van der Waals surface area (Å²) in [6.07, 6.45) is 4.53. The minimum Gasteiger partial charge on any atom is -0.618 e. The molecule has 1 heterocycles. The Morgan fingerprint density at radius 3 is 2.65 bits per heavy atom. The van der Waals surface area contributed by atoms with Gasteiger partial charge in [0.15, 0.2) is 6.10 Å². The molecule has 1 atom stereocenters. The topological polar surface area (TPSA) is 63.4 Å². The molecule has 0 saturated heterocycles. The summed E-state index contributed by atoms with van der Waals surface area (Å²) in [6.45, 7) is 2.14. The number of hydrogen-bond acceptors (Lipinski definition) is 3. The number of rotatable bonds is 6. The van der Waals surface area contributed by atoms with Gasteiger partial charge in [-0.1, -0.05) is 44.7 Å². The first-order chi connectivity index (χ1) is 9.66. The maximum Gasteiger partial charge on any atom is 0.256 e. The van der Waals surface area contributed by atoms with Crippen molar-refractivity contribution in [2.45, 2.75) is 51.6 Å². The van der Waals surface area contributed by atoms with E-state index >= 15 is 0 Å². The molecule has 4 heteroatoms. The minimum atomic E-state index is -1.19. The van der Waals surface area contributed by atoms with Crippen molar-refractivity contribution in [3.05, 3.63) is 35.0 Å². The zero-order valence-electron chi connectivity index (χ0n) is 11.8. The van der Waals surface area contributed by atoms with Gasteiger partial charge in [-0.15, -0.1) is 0 Å². The highest BCUT2D eigenvalue weighted by atomic mass is 16.5. The van der Waals surface area contributed by atoms with Crippen molar-refractivity contribution in [2.24, 2.45) is 0 Å². The summed E-state index contributed by atoms with van der Waals surface area (Å²) in [4.78, 5) is 12.1. The van der Waals surface area contributed by atoms with Crippen LogP contribution in [0.4, 0.5) is 5.69 Å². The number of Topliss-reactive ketones (excluding diaryl/α,β-unsaturated/α-hetero) is 1. The molecule has 0 bridgehead atoms. The number of carbonyl (C=O) groups is 1. The fourth-order valence-corrected chi connectivity index (χ4v) is 2.57. The lowest BCUT2D eigenvalue weighted by molar-refractivity contribution is -0.365. The van der Waals surface area contributed by atoms with Gasteiger partial charge in [0.2, 0.25) is 11.4 Å². The first kappa shape index (κ1) is 14.7. The third kappa shape index (κ3) is 2.90. The standard InChI is InChI=1S/C16H21NO3/c1-2-3-4-5-6-11-14-16(19)15(18)12-9-7-8-10-13(12)17(14)20/h7-10,15,18H,2-6,11H2,1H3.